The number of hydrogen-bond acceptors (Lipinski definition) is 8. The number of hydrogen-bond donors (Lipinski definition) is 3. The van der Waals surface area contributed by atoms with E-state index >= 15 is 0 Å². The van der Waals surface area contributed by atoms with Gasteiger partial charge in [-0.05, 0) is 57.4 Å². The molecule has 4 rings (SSSR count). The molecule has 3 heterocycles. The van der Waals surface area contributed by atoms with Gasteiger partial charge in [0.25, 0.3) is 0 Å². The van der Waals surface area contributed by atoms with Crippen LogP contribution in [0.3, 0.4) is 0 Å². The average Bonchev–Trinajstić information content (AvgIpc) is 3.37. The summed E-state index contributed by atoms with van der Waals surface area (Å²) in [5, 5.41) is 7.22. The lowest BCUT2D eigenvalue weighted by atomic mass is 9.85. The zero-order chi connectivity index (χ0) is 28.2. The zero-order valence-electron chi connectivity index (χ0n) is 22.4. The van der Waals surface area contributed by atoms with Gasteiger partial charge in [0.1, 0.15) is 28.9 Å². The maximum atomic E-state index is 13.9. The fraction of sp³-hybridized carbons (Fsp3) is 0.444. The van der Waals surface area contributed by atoms with Crippen LogP contribution in [-0.2, 0) is 19.1 Å². The number of amides is 2. The molecule has 1 atom stereocenters. The molecule has 39 heavy (non-hydrogen) atoms. The first-order valence-corrected chi connectivity index (χ1v) is 13.0. The lowest BCUT2D eigenvalue weighted by molar-refractivity contribution is -0.141. The molecule has 2 aromatic heterocycles. The summed E-state index contributed by atoms with van der Waals surface area (Å²) in [7, 11) is 1.29. The molecule has 3 N–H and O–H groups in total. The first-order valence-electron chi connectivity index (χ1n) is 12.7. The number of fused-ring (bicyclic) bond motifs is 1. The number of methoxy groups -OCH3 is 1. The summed E-state index contributed by atoms with van der Waals surface area (Å²) in [5.41, 5.74) is -0.641. The number of anilines is 1. The highest BCUT2D eigenvalue weighted by Gasteiger charge is 2.45. The maximum absolute atomic E-state index is 13.9. The lowest BCUT2D eigenvalue weighted by Crippen LogP contribution is -2.64. The first-order chi connectivity index (χ1) is 18.5. The number of benzene rings is 1. The fourth-order valence-corrected chi connectivity index (χ4v) is 4.74. The topological polar surface area (TPSA) is 139 Å². The predicted molar refractivity (Wildman–Crippen MR) is 146 cm³/mol. The number of rotatable bonds is 7. The van der Waals surface area contributed by atoms with Gasteiger partial charge in [-0.25, -0.2) is 14.8 Å². The van der Waals surface area contributed by atoms with Gasteiger partial charge in [0.2, 0.25) is 5.91 Å². The Morgan fingerprint density at radius 1 is 1.13 bits per heavy atom. The van der Waals surface area contributed by atoms with Crippen molar-refractivity contribution in [2.75, 3.05) is 25.1 Å². The highest BCUT2D eigenvalue weighted by Crippen LogP contribution is 2.31. The van der Waals surface area contributed by atoms with Crippen LogP contribution in [0.15, 0.2) is 42.9 Å². The summed E-state index contributed by atoms with van der Waals surface area (Å²) in [6, 6.07) is 8.06. The number of ether oxygens (including phenoxy) is 2. The number of carbonyl (C=O) groups excluding carboxylic acids is 3. The van der Waals surface area contributed by atoms with Crippen molar-refractivity contribution in [2.24, 2.45) is 0 Å². The molecule has 208 valence electrons. The third-order valence-corrected chi connectivity index (χ3v) is 6.85. The first kappa shape index (κ1) is 28.2. The summed E-state index contributed by atoms with van der Waals surface area (Å²) in [5.74, 6) is -0.165. The predicted octanol–water partition coefficient (Wildman–Crippen LogP) is 3.90. The van der Waals surface area contributed by atoms with E-state index in [1.54, 1.807) is 51.2 Å². The van der Waals surface area contributed by atoms with E-state index in [1.807, 2.05) is 6.07 Å². The van der Waals surface area contributed by atoms with Gasteiger partial charge < -0.3 is 30.0 Å². The molecule has 1 unspecified atom stereocenters. The van der Waals surface area contributed by atoms with Crippen molar-refractivity contribution in [3.63, 3.8) is 0 Å². The van der Waals surface area contributed by atoms with Crippen molar-refractivity contribution in [3.8, 4) is 0 Å². The minimum Gasteiger partial charge on any atom is -0.469 e. The average molecular weight is 557 g/mol. The second kappa shape index (κ2) is 11.5. The van der Waals surface area contributed by atoms with Gasteiger partial charge in [0.15, 0.2) is 0 Å². The van der Waals surface area contributed by atoms with E-state index in [2.05, 4.69) is 30.5 Å². The van der Waals surface area contributed by atoms with Gasteiger partial charge in [0.05, 0.1) is 25.0 Å². The van der Waals surface area contributed by atoms with Crippen LogP contribution in [-0.4, -0.2) is 64.3 Å². The van der Waals surface area contributed by atoms with Crippen LogP contribution in [0.5, 0.6) is 0 Å². The molecule has 0 aliphatic carbocycles. The van der Waals surface area contributed by atoms with Crippen LogP contribution in [0, 0.1) is 0 Å². The number of nitrogens with zero attached hydrogens (tertiary/aromatic N) is 3. The molecule has 3 aromatic rings. The van der Waals surface area contributed by atoms with E-state index in [0.29, 0.717) is 23.7 Å². The number of halogens is 1. The van der Waals surface area contributed by atoms with E-state index in [4.69, 9.17) is 21.1 Å². The Bertz CT molecular complexity index is 1330. The van der Waals surface area contributed by atoms with Gasteiger partial charge in [-0.2, -0.15) is 0 Å². The molecule has 0 radical (unpaired) electrons. The fourth-order valence-electron chi connectivity index (χ4n) is 4.61. The quantitative estimate of drug-likeness (QED) is 0.372. The molecule has 12 heteroatoms. The van der Waals surface area contributed by atoms with Gasteiger partial charge in [-0.3, -0.25) is 9.59 Å². The Morgan fingerprint density at radius 3 is 2.46 bits per heavy atom. The van der Waals surface area contributed by atoms with Crippen LogP contribution in [0.2, 0.25) is 5.02 Å². The molecule has 1 aliphatic heterocycles. The Morgan fingerprint density at radius 2 is 1.82 bits per heavy atom. The molecule has 11 nitrogen and oxygen atoms in total. The summed E-state index contributed by atoms with van der Waals surface area (Å²) in [6.07, 6.45) is 3.05. The second-order valence-electron chi connectivity index (χ2n) is 10.5. The lowest BCUT2D eigenvalue weighted by Gasteiger charge is -2.42. The van der Waals surface area contributed by atoms with E-state index < -0.39 is 35.2 Å². The summed E-state index contributed by atoms with van der Waals surface area (Å²) < 4.78 is 10.4. The van der Waals surface area contributed by atoms with Crippen LogP contribution in [0.25, 0.3) is 11.0 Å². The smallest absolute Gasteiger partial charge is 0.408 e. The molecular formula is C27H33ClN6O5. The number of H-pyrrole nitrogens is 1. The number of carbonyl (C=O) groups is 3. The van der Waals surface area contributed by atoms with Crippen molar-refractivity contribution >= 4 is 46.4 Å². The van der Waals surface area contributed by atoms with Crippen LogP contribution < -0.4 is 15.5 Å². The monoisotopic (exact) mass is 556 g/mol. The Labute approximate surface area is 231 Å². The minimum atomic E-state index is -1.29. The molecule has 2 amide bonds. The molecule has 0 spiro atoms. The number of esters is 1. The van der Waals surface area contributed by atoms with Crippen molar-refractivity contribution in [3.05, 3.63) is 53.4 Å². The Kier molecular flexibility index (Phi) is 8.29. The van der Waals surface area contributed by atoms with E-state index in [1.165, 1.54) is 13.4 Å². The summed E-state index contributed by atoms with van der Waals surface area (Å²) >= 11 is 6.05. The number of nitrogens with one attached hydrogen (secondary N) is 3. The molecule has 1 saturated heterocycles. The highest BCUT2D eigenvalue weighted by atomic mass is 35.5. The van der Waals surface area contributed by atoms with Gasteiger partial charge in [-0.15, -0.1) is 0 Å². The number of aromatic nitrogens is 3. The van der Waals surface area contributed by atoms with Crippen molar-refractivity contribution in [1.82, 2.24) is 25.6 Å². The van der Waals surface area contributed by atoms with E-state index in [9.17, 15) is 14.4 Å². The van der Waals surface area contributed by atoms with Crippen LogP contribution in [0.1, 0.15) is 51.6 Å². The van der Waals surface area contributed by atoms with Crippen molar-refractivity contribution < 1.29 is 23.9 Å². The van der Waals surface area contributed by atoms with E-state index in [-0.39, 0.29) is 19.3 Å². The SMILES string of the molecule is COC(=O)CC(NC(=O)C1(NC(=O)OC(C)(C)C)CCN(c2ncnc3[nH]ccc23)CC1)c1ccc(Cl)cc1. The van der Waals surface area contributed by atoms with Crippen LogP contribution >= 0.6 is 11.6 Å². The third kappa shape index (κ3) is 6.78. The van der Waals surface area contributed by atoms with E-state index in [0.717, 1.165) is 16.9 Å². The summed E-state index contributed by atoms with van der Waals surface area (Å²) in [6.45, 7) is 6.14. The summed E-state index contributed by atoms with van der Waals surface area (Å²) in [4.78, 5) is 52.9. The van der Waals surface area contributed by atoms with Gasteiger partial charge >= 0.3 is 12.1 Å². The molecule has 1 fully saturated rings. The van der Waals surface area contributed by atoms with Crippen molar-refractivity contribution in [2.45, 2.75) is 57.2 Å². The molecule has 0 bridgehead atoms. The van der Waals surface area contributed by atoms with Crippen molar-refractivity contribution in [1.29, 1.82) is 0 Å². The van der Waals surface area contributed by atoms with Gasteiger partial charge in [0, 0.05) is 24.3 Å². The molecule has 1 aliphatic rings. The molecule has 1 aromatic carbocycles. The maximum Gasteiger partial charge on any atom is 0.408 e. The number of aromatic amines is 1. The standard InChI is InChI=1S/C27H33ClN6O5/c1-26(2,3)39-25(37)33-27(10-13-34(14-11-27)23-19-9-12-29-22(19)30-16-31-23)24(36)32-20(15-21(35)38-4)17-5-7-18(28)8-6-17/h5-9,12,16,20H,10-11,13-15H2,1-4H3,(H,32,36)(H,33,37)(H,29,30,31). The molecular weight excluding hydrogens is 524 g/mol. The third-order valence-electron chi connectivity index (χ3n) is 6.60. The minimum absolute atomic E-state index is 0.0923. The Balaban J connectivity index is 1.59. The number of alkyl carbamates (subject to hydrolysis) is 1. The number of piperidine rings is 1. The normalized spacial score (nSPS) is 15.9. The Hall–Kier alpha value is -3.86. The van der Waals surface area contributed by atoms with Crippen LogP contribution in [0.4, 0.5) is 10.6 Å². The van der Waals surface area contributed by atoms with Gasteiger partial charge in [-0.1, -0.05) is 23.7 Å². The highest BCUT2D eigenvalue weighted by molar-refractivity contribution is 6.30. The molecule has 0 saturated carbocycles. The zero-order valence-corrected chi connectivity index (χ0v) is 23.2. The largest absolute Gasteiger partial charge is 0.469 e. The second-order valence-corrected chi connectivity index (χ2v) is 10.9.